The highest BCUT2D eigenvalue weighted by atomic mass is 32.2. The van der Waals surface area contributed by atoms with E-state index in [1.165, 1.54) is 12.1 Å². The Morgan fingerprint density at radius 1 is 0.839 bits per heavy atom. The molecule has 0 spiro atoms. The third-order valence-electron chi connectivity index (χ3n) is 4.12. The van der Waals surface area contributed by atoms with Crippen LogP contribution in [0.15, 0.2) is 35.2 Å². The van der Waals surface area contributed by atoms with E-state index in [-0.39, 0.29) is 30.7 Å². The van der Waals surface area contributed by atoms with Crippen molar-refractivity contribution in [3.63, 3.8) is 0 Å². The molecule has 0 saturated carbocycles. The van der Waals surface area contributed by atoms with E-state index in [4.69, 9.17) is 10.2 Å². The molecule has 1 aromatic carbocycles. The molecular formula is C18H25N3O9S. The van der Waals surface area contributed by atoms with Crippen molar-refractivity contribution in [1.29, 1.82) is 0 Å². The van der Waals surface area contributed by atoms with Gasteiger partial charge in [0.05, 0.1) is 4.90 Å². The zero-order chi connectivity index (χ0) is 23.4. The maximum atomic E-state index is 12.1. The maximum absolute atomic E-state index is 12.1. The quantitative estimate of drug-likeness (QED) is 0.210. The number of carbonyl (C=O) groups excluding carboxylic acids is 1. The summed E-state index contributed by atoms with van der Waals surface area (Å²) in [6.45, 7) is 0.0615. The van der Waals surface area contributed by atoms with Crippen LogP contribution in [0, 0.1) is 0 Å². The largest absolute Gasteiger partial charge is 0.481 e. The Morgan fingerprint density at radius 2 is 1.39 bits per heavy atom. The summed E-state index contributed by atoms with van der Waals surface area (Å²) in [6.07, 6.45) is -0.315. The zero-order valence-corrected chi connectivity index (χ0v) is 17.3. The van der Waals surface area contributed by atoms with Crippen molar-refractivity contribution >= 4 is 34.0 Å². The molecule has 0 heterocycles. The van der Waals surface area contributed by atoms with Crippen LogP contribution < -0.4 is 15.4 Å². The summed E-state index contributed by atoms with van der Waals surface area (Å²) >= 11 is 0. The fraction of sp³-hybridized carbons (Fsp3) is 0.444. The standard InChI is InChI=1S/C18H25N3O9S/c22-15(23)10-9-14(17(26)27)21-18(28)20-13(16(24)25)8-4-5-11-19-31(29,30)12-6-2-1-3-7-12/h1-3,6-7,13-14,19H,4-5,8-11H2,(H,22,23)(H,24,25)(H,26,27)(H2,20,21,28)/t13-,14-/m0/s1. The Balaban J connectivity index is 2.46. The van der Waals surface area contributed by atoms with Crippen LogP contribution in [-0.4, -0.2) is 66.3 Å². The third kappa shape index (κ3) is 9.91. The molecule has 13 heteroatoms. The van der Waals surface area contributed by atoms with Crippen molar-refractivity contribution in [3.05, 3.63) is 30.3 Å². The number of carbonyl (C=O) groups is 4. The number of carboxylic acid groups (broad SMARTS) is 3. The Hall–Kier alpha value is -3.19. The molecular weight excluding hydrogens is 434 g/mol. The Kier molecular flexibility index (Phi) is 10.4. The minimum Gasteiger partial charge on any atom is -0.481 e. The van der Waals surface area contributed by atoms with Gasteiger partial charge in [-0.2, -0.15) is 0 Å². The van der Waals surface area contributed by atoms with E-state index >= 15 is 0 Å². The number of carboxylic acids is 3. The number of hydrogen-bond acceptors (Lipinski definition) is 6. The van der Waals surface area contributed by atoms with Crippen LogP contribution in [-0.2, 0) is 24.4 Å². The van der Waals surface area contributed by atoms with Gasteiger partial charge in [0.1, 0.15) is 12.1 Å². The van der Waals surface area contributed by atoms with Crippen LogP contribution >= 0.6 is 0 Å². The van der Waals surface area contributed by atoms with E-state index in [2.05, 4.69) is 10.0 Å². The first kappa shape index (κ1) is 25.8. The minimum atomic E-state index is -3.67. The molecule has 31 heavy (non-hydrogen) atoms. The number of hydrogen-bond donors (Lipinski definition) is 6. The van der Waals surface area contributed by atoms with E-state index < -0.39 is 52.5 Å². The summed E-state index contributed by atoms with van der Waals surface area (Å²) < 4.78 is 26.6. The summed E-state index contributed by atoms with van der Waals surface area (Å²) in [7, 11) is -3.67. The van der Waals surface area contributed by atoms with Gasteiger partial charge in [0.15, 0.2) is 0 Å². The van der Waals surface area contributed by atoms with Crippen LogP contribution in [0.2, 0.25) is 0 Å². The van der Waals surface area contributed by atoms with Crippen LogP contribution in [0.25, 0.3) is 0 Å². The Labute approximate surface area is 178 Å². The lowest BCUT2D eigenvalue weighted by Crippen LogP contribution is -2.51. The number of urea groups is 1. The summed E-state index contributed by atoms with van der Waals surface area (Å²) in [5.74, 6) is -4.04. The van der Waals surface area contributed by atoms with Gasteiger partial charge in [0, 0.05) is 13.0 Å². The SMILES string of the molecule is O=C(O)CC[C@H](NC(=O)N[C@@H](CCCCNS(=O)(=O)c1ccccc1)C(=O)O)C(=O)O. The molecule has 0 aliphatic heterocycles. The van der Waals surface area contributed by atoms with E-state index in [0.29, 0.717) is 6.42 Å². The fourth-order valence-electron chi connectivity index (χ4n) is 2.50. The second kappa shape index (κ2) is 12.5. The molecule has 2 amide bonds. The molecule has 0 radical (unpaired) electrons. The first-order valence-corrected chi connectivity index (χ1v) is 10.8. The average Bonchev–Trinajstić information content (AvgIpc) is 2.70. The number of benzene rings is 1. The van der Waals surface area contributed by atoms with Gasteiger partial charge in [-0.3, -0.25) is 4.79 Å². The average molecular weight is 459 g/mol. The predicted octanol–water partition coefficient (Wildman–Crippen LogP) is 0.206. The molecule has 0 aliphatic carbocycles. The topological polar surface area (TPSA) is 199 Å². The highest BCUT2D eigenvalue weighted by Gasteiger charge is 2.24. The van der Waals surface area contributed by atoms with Crippen LogP contribution in [0.1, 0.15) is 32.1 Å². The van der Waals surface area contributed by atoms with E-state index in [9.17, 15) is 32.7 Å². The van der Waals surface area contributed by atoms with E-state index in [1.807, 2.05) is 5.32 Å². The number of sulfonamides is 1. The summed E-state index contributed by atoms with van der Waals surface area (Å²) in [6, 6.07) is 3.84. The smallest absolute Gasteiger partial charge is 0.326 e. The molecule has 0 bridgehead atoms. The molecule has 2 atom stereocenters. The number of amides is 2. The normalized spacial score (nSPS) is 13.0. The van der Waals surface area contributed by atoms with Crippen molar-refractivity contribution in [2.45, 2.75) is 49.1 Å². The zero-order valence-electron chi connectivity index (χ0n) is 16.5. The third-order valence-corrected chi connectivity index (χ3v) is 5.60. The molecule has 12 nitrogen and oxygen atoms in total. The molecule has 0 saturated heterocycles. The lowest BCUT2D eigenvalue weighted by molar-refractivity contribution is -0.140. The van der Waals surface area contributed by atoms with Gasteiger partial charge in [-0.25, -0.2) is 27.5 Å². The molecule has 172 valence electrons. The molecule has 0 aromatic heterocycles. The fourth-order valence-corrected chi connectivity index (χ4v) is 3.60. The van der Waals surface area contributed by atoms with Gasteiger partial charge in [-0.05, 0) is 37.8 Å². The molecule has 6 N–H and O–H groups in total. The van der Waals surface area contributed by atoms with Crippen molar-refractivity contribution < 1.29 is 42.9 Å². The van der Waals surface area contributed by atoms with Gasteiger partial charge in [0.2, 0.25) is 10.0 Å². The number of rotatable bonds is 14. The first-order valence-electron chi connectivity index (χ1n) is 9.32. The van der Waals surface area contributed by atoms with Crippen molar-refractivity contribution in [3.8, 4) is 0 Å². The number of nitrogens with one attached hydrogen (secondary N) is 3. The highest BCUT2D eigenvalue weighted by Crippen LogP contribution is 2.08. The second-order valence-corrected chi connectivity index (χ2v) is 8.31. The van der Waals surface area contributed by atoms with Gasteiger partial charge in [0.25, 0.3) is 0 Å². The first-order chi connectivity index (χ1) is 14.5. The predicted molar refractivity (Wildman–Crippen MR) is 107 cm³/mol. The van der Waals surface area contributed by atoms with Crippen molar-refractivity contribution in [2.75, 3.05) is 6.54 Å². The van der Waals surface area contributed by atoms with Crippen molar-refractivity contribution in [1.82, 2.24) is 15.4 Å². The molecule has 1 aromatic rings. The molecule has 0 aliphatic rings. The minimum absolute atomic E-state index is 0.0251. The second-order valence-electron chi connectivity index (χ2n) is 6.54. The summed E-state index contributed by atoms with van der Waals surface area (Å²) in [4.78, 5) is 45.0. The van der Waals surface area contributed by atoms with Crippen LogP contribution in [0.4, 0.5) is 4.79 Å². The number of unbranched alkanes of at least 4 members (excludes halogenated alkanes) is 1. The lowest BCUT2D eigenvalue weighted by Gasteiger charge is -2.18. The van der Waals surface area contributed by atoms with E-state index in [1.54, 1.807) is 18.2 Å². The highest BCUT2D eigenvalue weighted by molar-refractivity contribution is 7.89. The monoisotopic (exact) mass is 459 g/mol. The Morgan fingerprint density at radius 3 is 1.90 bits per heavy atom. The van der Waals surface area contributed by atoms with Crippen LogP contribution in [0.3, 0.4) is 0 Å². The summed E-state index contributed by atoms with van der Waals surface area (Å²) in [5, 5.41) is 31.0. The van der Waals surface area contributed by atoms with Crippen LogP contribution in [0.5, 0.6) is 0 Å². The van der Waals surface area contributed by atoms with Gasteiger partial charge < -0.3 is 26.0 Å². The van der Waals surface area contributed by atoms with E-state index in [0.717, 1.165) is 0 Å². The lowest BCUT2D eigenvalue weighted by atomic mass is 10.1. The molecule has 0 fully saturated rings. The van der Waals surface area contributed by atoms with Gasteiger partial charge in [-0.1, -0.05) is 18.2 Å². The van der Waals surface area contributed by atoms with Gasteiger partial charge >= 0.3 is 23.9 Å². The Bertz CT molecular complexity index is 875. The number of aliphatic carboxylic acids is 3. The van der Waals surface area contributed by atoms with Gasteiger partial charge in [-0.15, -0.1) is 0 Å². The molecule has 0 unspecified atom stereocenters. The summed E-state index contributed by atoms with van der Waals surface area (Å²) in [5.41, 5.74) is 0. The van der Waals surface area contributed by atoms with Crippen molar-refractivity contribution in [2.24, 2.45) is 0 Å². The molecule has 1 rings (SSSR count). The maximum Gasteiger partial charge on any atom is 0.326 e.